The number of anilines is 2. The second-order valence-electron chi connectivity index (χ2n) is 8.40. The molecule has 4 N–H and O–H groups in total. The minimum atomic E-state index is -0.371. The van der Waals surface area contributed by atoms with Gasteiger partial charge < -0.3 is 21.3 Å². The van der Waals surface area contributed by atoms with Crippen LogP contribution in [0.5, 0.6) is 0 Å². The van der Waals surface area contributed by atoms with Gasteiger partial charge in [-0.15, -0.1) is 0 Å². The monoisotopic (exact) mass is 476 g/mol. The Morgan fingerprint density at radius 3 is 2.23 bits per heavy atom. The standard InChI is InChI=1S/C27H29FN4O3/c1-18(2)15-30-27(35)22-8-4-6-10-24(22)32-25(33)17-29-21-13-11-19(12-14-21)26(34)31-16-20-7-3-5-9-23(20)28/h3-14,18,29H,15-17H2,1-2H3,(H,30,35)(H,31,34)(H,32,33). The normalized spacial score (nSPS) is 10.5. The lowest BCUT2D eigenvalue weighted by atomic mass is 10.1. The maximum absolute atomic E-state index is 13.7. The van der Waals surface area contributed by atoms with E-state index in [0.717, 1.165) is 0 Å². The maximum atomic E-state index is 13.7. The first-order valence-electron chi connectivity index (χ1n) is 11.4. The summed E-state index contributed by atoms with van der Waals surface area (Å²) in [5, 5.41) is 11.3. The highest BCUT2D eigenvalue weighted by Gasteiger charge is 2.13. The Morgan fingerprint density at radius 2 is 1.51 bits per heavy atom. The van der Waals surface area contributed by atoms with Crippen molar-refractivity contribution in [3.63, 3.8) is 0 Å². The first-order valence-corrected chi connectivity index (χ1v) is 11.4. The van der Waals surface area contributed by atoms with Crippen LogP contribution in [0.3, 0.4) is 0 Å². The molecule has 0 fully saturated rings. The summed E-state index contributed by atoms with van der Waals surface area (Å²) in [5.41, 5.74) is 2.30. The van der Waals surface area contributed by atoms with Crippen LogP contribution in [0.25, 0.3) is 0 Å². The number of hydrogen-bond donors (Lipinski definition) is 4. The van der Waals surface area contributed by atoms with E-state index in [2.05, 4.69) is 21.3 Å². The summed E-state index contributed by atoms with van der Waals surface area (Å²) >= 11 is 0. The Balaban J connectivity index is 1.50. The van der Waals surface area contributed by atoms with Crippen LogP contribution < -0.4 is 21.3 Å². The number of para-hydroxylation sites is 1. The van der Waals surface area contributed by atoms with Crippen LogP contribution in [0.2, 0.25) is 0 Å². The smallest absolute Gasteiger partial charge is 0.253 e. The van der Waals surface area contributed by atoms with Gasteiger partial charge in [0.2, 0.25) is 5.91 Å². The Labute approximate surface area is 204 Å². The molecule has 0 saturated heterocycles. The average molecular weight is 477 g/mol. The molecule has 8 heteroatoms. The van der Waals surface area contributed by atoms with Gasteiger partial charge in [0.05, 0.1) is 17.8 Å². The van der Waals surface area contributed by atoms with Crippen molar-refractivity contribution in [2.75, 3.05) is 23.7 Å². The number of rotatable bonds is 10. The third kappa shape index (κ3) is 7.67. The first kappa shape index (κ1) is 25.4. The lowest BCUT2D eigenvalue weighted by molar-refractivity contribution is -0.114. The highest BCUT2D eigenvalue weighted by atomic mass is 19.1. The largest absolute Gasteiger partial charge is 0.376 e. The fourth-order valence-electron chi connectivity index (χ4n) is 3.22. The number of benzene rings is 3. The van der Waals surface area contributed by atoms with Crippen molar-refractivity contribution in [2.45, 2.75) is 20.4 Å². The molecule has 0 spiro atoms. The molecule has 0 aliphatic carbocycles. The molecule has 0 aromatic heterocycles. The van der Waals surface area contributed by atoms with Crippen LogP contribution in [-0.4, -0.2) is 30.8 Å². The summed E-state index contributed by atoms with van der Waals surface area (Å²) in [6, 6.07) is 19.7. The SMILES string of the molecule is CC(C)CNC(=O)c1ccccc1NC(=O)CNc1ccc(C(=O)NCc2ccccc2F)cc1. The number of amides is 3. The summed E-state index contributed by atoms with van der Waals surface area (Å²) in [4.78, 5) is 37.2. The number of carbonyl (C=O) groups excluding carboxylic acids is 3. The van der Waals surface area contributed by atoms with Crippen LogP contribution in [-0.2, 0) is 11.3 Å². The number of carbonyl (C=O) groups is 3. The van der Waals surface area contributed by atoms with Crippen LogP contribution in [0.1, 0.15) is 40.1 Å². The molecule has 0 saturated carbocycles. The number of nitrogens with one attached hydrogen (secondary N) is 4. The van der Waals surface area contributed by atoms with E-state index in [1.807, 2.05) is 13.8 Å². The van der Waals surface area contributed by atoms with Crippen molar-refractivity contribution in [3.05, 3.63) is 95.3 Å². The fourth-order valence-corrected chi connectivity index (χ4v) is 3.22. The van der Waals surface area contributed by atoms with E-state index >= 15 is 0 Å². The van der Waals surface area contributed by atoms with E-state index < -0.39 is 0 Å². The first-order chi connectivity index (χ1) is 16.8. The topological polar surface area (TPSA) is 99.3 Å². The third-order valence-corrected chi connectivity index (χ3v) is 5.11. The Morgan fingerprint density at radius 1 is 0.829 bits per heavy atom. The molecular weight excluding hydrogens is 447 g/mol. The van der Waals surface area contributed by atoms with E-state index in [-0.39, 0.29) is 36.6 Å². The van der Waals surface area contributed by atoms with E-state index in [1.54, 1.807) is 66.7 Å². The minimum Gasteiger partial charge on any atom is -0.376 e. The quantitative estimate of drug-likeness (QED) is 0.353. The van der Waals surface area contributed by atoms with Crippen molar-refractivity contribution < 1.29 is 18.8 Å². The van der Waals surface area contributed by atoms with Crippen molar-refractivity contribution in [2.24, 2.45) is 5.92 Å². The van der Waals surface area contributed by atoms with Gasteiger partial charge >= 0.3 is 0 Å². The van der Waals surface area contributed by atoms with Crippen LogP contribution in [0.15, 0.2) is 72.8 Å². The van der Waals surface area contributed by atoms with Gasteiger partial charge in [0, 0.05) is 29.9 Å². The lowest BCUT2D eigenvalue weighted by Gasteiger charge is -2.13. The zero-order valence-corrected chi connectivity index (χ0v) is 19.7. The van der Waals surface area contributed by atoms with Crippen LogP contribution >= 0.6 is 0 Å². The van der Waals surface area contributed by atoms with E-state index in [0.29, 0.717) is 40.5 Å². The zero-order valence-electron chi connectivity index (χ0n) is 19.7. The van der Waals surface area contributed by atoms with Crippen molar-refractivity contribution in [3.8, 4) is 0 Å². The van der Waals surface area contributed by atoms with Gasteiger partial charge in [0.25, 0.3) is 11.8 Å². The molecule has 3 aromatic carbocycles. The Bertz CT molecular complexity index is 1180. The van der Waals surface area contributed by atoms with Gasteiger partial charge in [-0.25, -0.2) is 4.39 Å². The highest BCUT2D eigenvalue weighted by molar-refractivity contribution is 6.04. The fraction of sp³-hybridized carbons (Fsp3) is 0.222. The Kier molecular flexibility index (Phi) is 8.95. The van der Waals surface area contributed by atoms with E-state index in [1.165, 1.54) is 6.07 Å². The summed E-state index contributed by atoms with van der Waals surface area (Å²) in [6.45, 7) is 4.61. The molecule has 0 heterocycles. The summed E-state index contributed by atoms with van der Waals surface area (Å²) in [5.74, 6) is -0.948. The predicted octanol–water partition coefficient (Wildman–Crippen LogP) is 4.19. The molecule has 0 radical (unpaired) electrons. The lowest BCUT2D eigenvalue weighted by Crippen LogP contribution is -2.29. The van der Waals surface area contributed by atoms with Crippen LogP contribution in [0, 0.1) is 11.7 Å². The van der Waals surface area contributed by atoms with Gasteiger partial charge in [-0.05, 0) is 48.4 Å². The van der Waals surface area contributed by atoms with Gasteiger partial charge in [-0.1, -0.05) is 44.2 Å². The molecule has 3 rings (SSSR count). The average Bonchev–Trinajstić information content (AvgIpc) is 2.86. The van der Waals surface area contributed by atoms with Crippen molar-refractivity contribution >= 4 is 29.1 Å². The highest BCUT2D eigenvalue weighted by Crippen LogP contribution is 2.16. The van der Waals surface area contributed by atoms with E-state index in [9.17, 15) is 18.8 Å². The molecule has 0 aliphatic heterocycles. The number of hydrogen-bond acceptors (Lipinski definition) is 4. The van der Waals surface area contributed by atoms with Gasteiger partial charge in [-0.2, -0.15) is 0 Å². The van der Waals surface area contributed by atoms with Crippen molar-refractivity contribution in [1.82, 2.24) is 10.6 Å². The number of halogens is 1. The molecule has 0 atom stereocenters. The second kappa shape index (κ2) is 12.3. The molecular formula is C27H29FN4O3. The molecule has 3 aromatic rings. The molecule has 3 amide bonds. The maximum Gasteiger partial charge on any atom is 0.253 e. The summed E-state index contributed by atoms with van der Waals surface area (Å²) in [6.07, 6.45) is 0. The Hall–Kier alpha value is -4.20. The van der Waals surface area contributed by atoms with E-state index in [4.69, 9.17) is 0 Å². The van der Waals surface area contributed by atoms with Gasteiger partial charge in [0.15, 0.2) is 0 Å². The molecule has 35 heavy (non-hydrogen) atoms. The summed E-state index contributed by atoms with van der Waals surface area (Å²) in [7, 11) is 0. The molecule has 0 aliphatic rings. The zero-order chi connectivity index (χ0) is 25.2. The molecule has 182 valence electrons. The molecule has 0 bridgehead atoms. The van der Waals surface area contributed by atoms with Crippen molar-refractivity contribution in [1.29, 1.82) is 0 Å². The predicted molar refractivity (Wildman–Crippen MR) is 135 cm³/mol. The molecule has 7 nitrogen and oxygen atoms in total. The third-order valence-electron chi connectivity index (χ3n) is 5.11. The minimum absolute atomic E-state index is 0.0270. The second-order valence-corrected chi connectivity index (χ2v) is 8.40. The molecule has 0 unspecified atom stereocenters. The van der Waals surface area contributed by atoms with Gasteiger partial charge in [0.1, 0.15) is 5.82 Å². The van der Waals surface area contributed by atoms with Crippen LogP contribution in [0.4, 0.5) is 15.8 Å². The van der Waals surface area contributed by atoms with Gasteiger partial charge in [-0.3, -0.25) is 14.4 Å². The summed E-state index contributed by atoms with van der Waals surface area (Å²) < 4.78 is 13.7.